The summed E-state index contributed by atoms with van der Waals surface area (Å²) in [6.07, 6.45) is 0.896. The molecule has 1 aliphatic heterocycles. The standard InChI is InChI=1S/C14H21NO4S/c1-15-12(11-7-8-19-9-11)10-20(16,17)14-6-4-3-5-13(14)18-2/h3-6,11-12,15H,7-10H2,1-2H3. The van der Waals surface area contributed by atoms with Crippen LogP contribution in [-0.2, 0) is 14.6 Å². The molecule has 112 valence electrons. The highest BCUT2D eigenvalue weighted by Crippen LogP contribution is 2.26. The highest BCUT2D eigenvalue weighted by molar-refractivity contribution is 7.91. The second kappa shape index (κ2) is 6.56. The van der Waals surface area contributed by atoms with Crippen molar-refractivity contribution in [2.24, 2.45) is 5.92 Å². The van der Waals surface area contributed by atoms with Crippen LogP contribution in [0.1, 0.15) is 6.42 Å². The van der Waals surface area contributed by atoms with E-state index in [2.05, 4.69) is 5.32 Å². The summed E-state index contributed by atoms with van der Waals surface area (Å²) >= 11 is 0. The van der Waals surface area contributed by atoms with Crippen molar-refractivity contribution in [3.05, 3.63) is 24.3 Å². The van der Waals surface area contributed by atoms with Crippen LogP contribution in [0.2, 0.25) is 0 Å². The largest absolute Gasteiger partial charge is 0.495 e. The molecule has 6 heteroatoms. The van der Waals surface area contributed by atoms with Gasteiger partial charge in [-0.1, -0.05) is 12.1 Å². The third kappa shape index (κ3) is 3.31. The van der Waals surface area contributed by atoms with Crippen molar-refractivity contribution in [3.8, 4) is 5.75 Å². The van der Waals surface area contributed by atoms with Crippen molar-refractivity contribution >= 4 is 9.84 Å². The molecule has 0 aliphatic carbocycles. The summed E-state index contributed by atoms with van der Waals surface area (Å²) in [4.78, 5) is 0.252. The maximum Gasteiger partial charge on any atom is 0.183 e. The predicted octanol–water partition coefficient (Wildman–Crippen LogP) is 1.09. The number of para-hydroxylation sites is 1. The molecule has 1 aromatic carbocycles. The minimum Gasteiger partial charge on any atom is -0.495 e. The van der Waals surface area contributed by atoms with Gasteiger partial charge < -0.3 is 14.8 Å². The number of hydrogen-bond donors (Lipinski definition) is 1. The monoisotopic (exact) mass is 299 g/mol. The smallest absolute Gasteiger partial charge is 0.183 e. The predicted molar refractivity (Wildman–Crippen MR) is 76.8 cm³/mol. The van der Waals surface area contributed by atoms with Gasteiger partial charge in [0.15, 0.2) is 9.84 Å². The van der Waals surface area contributed by atoms with E-state index in [0.29, 0.717) is 19.0 Å². The molecule has 1 saturated heterocycles. The van der Waals surface area contributed by atoms with E-state index in [1.54, 1.807) is 31.3 Å². The van der Waals surface area contributed by atoms with Gasteiger partial charge in [-0.05, 0) is 25.6 Å². The lowest BCUT2D eigenvalue weighted by molar-refractivity contribution is 0.179. The number of nitrogens with one attached hydrogen (secondary N) is 1. The molecule has 0 aromatic heterocycles. The summed E-state index contributed by atoms with van der Waals surface area (Å²) in [6, 6.07) is 6.62. The van der Waals surface area contributed by atoms with Gasteiger partial charge in [0, 0.05) is 18.6 Å². The van der Waals surface area contributed by atoms with Gasteiger partial charge in [0.1, 0.15) is 10.6 Å². The summed E-state index contributed by atoms with van der Waals surface area (Å²) in [5, 5.41) is 3.11. The molecule has 0 radical (unpaired) electrons. The Kier molecular flexibility index (Phi) is 5.01. The molecule has 1 aliphatic rings. The van der Waals surface area contributed by atoms with Crippen LogP contribution >= 0.6 is 0 Å². The van der Waals surface area contributed by atoms with Crippen molar-refractivity contribution in [3.63, 3.8) is 0 Å². The highest BCUT2D eigenvalue weighted by Gasteiger charge is 2.30. The van der Waals surface area contributed by atoms with E-state index in [9.17, 15) is 8.42 Å². The summed E-state index contributed by atoms with van der Waals surface area (Å²) in [7, 11) is -0.122. The lowest BCUT2D eigenvalue weighted by atomic mass is 10.0. The molecule has 2 rings (SSSR count). The Hall–Kier alpha value is -1.11. The molecule has 0 amide bonds. The first-order chi connectivity index (χ1) is 9.58. The lowest BCUT2D eigenvalue weighted by Crippen LogP contribution is -2.40. The summed E-state index contributed by atoms with van der Waals surface area (Å²) in [5.41, 5.74) is 0. The molecule has 1 N–H and O–H groups in total. The second-order valence-electron chi connectivity index (χ2n) is 4.95. The Morgan fingerprint density at radius 1 is 1.45 bits per heavy atom. The van der Waals surface area contributed by atoms with Crippen LogP contribution in [-0.4, -0.2) is 47.6 Å². The van der Waals surface area contributed by atoms with Gasteiger partial charge in [-0.3, -0.25) is 0 Å². The number of rotatable bonds is 6. The molecular weight excluding hydrogens is 278 g/mol. The summed E-state index contributed by atoms with van der Waals surface area (Å²) < 4.78 is 35.6. The topological polar surface area (TPSA) is 64.6 Å². The zero-order valence-corrected chi connectivity index (χ0v) is 12.7. The molecule has 0 spiro atoms. The van der Waals surface area contributed by atoms with E-state index in [1.807, 2.05) is 0 Å². The minimum atomic E-state index is -3.39. The zero-order valence-electron chi connectivity index (χ0n) is 11.8. The van der Waals surface area contributed by atoms with Gasteiger partial charge in [0.25, 0.3) is 0 Å². The lowest BCUT2D eigenvalue weighted by Gasteiger charge is -2.22. The number of benzene rings is 1. The molecule has 20 heavy (non-hydrogen) atoms. The fraction of sp³-hybridized carbons (Fsp3) is 0.571. The van der Waals surface area contributed by atoms with Gasteiger partial charge in [0.05, 0.1) is 19.5 Å². The number of hydrogen-bond acceptors (Lipinski definition) is 5. The number of methoxy groups -OCH3 is 1. The second-order valence-corrected chi connectivity index (χ2v) is 6.95. The zero-order chi connectivity index (χ0) is 14.6. The SMILES string of the molecule is CNC(CS(=O)(=O)c1ccccc1OC)C1CCOC1. The van der Waals surface area contributed by atoms with Gasteiger partial charge >= 0.3 is 0 Å². The molecule has 5 nitrogen and oxygen atoms in total. The summed E-state index contributed by atoms with van der Waals surface area (Å²) in [6.45, 7) is 1.32. The van der Waals surface area contributed by atoms with Crippen LogP contribution in [0.25, 0.3) is 0 Å². The normalized spacial score (nSPS) is 20.8. The maximum absolute atomic E-state index is 12.6. The first-order valence-corrected chi connectivity index (χ1v) is 8.34. The minimum absolute atomic E-state index is 0.0535. The summed E-state index contributed by atoms with van der Waals surface area (Å²) in [5.74, 6) is 0.687. The van der Waals surface area contributed by atoms with Crippen molar-refractivity contribution in [2.45, 2.75) is 17.4 Å². The Balaban J connectivity index is 2.21. The Morgan fingerprint density at radius 3 is 2.80 bits per heavy atom. The van der Waals surface area contributed by atoms with Gasteiger partial charge in [-0.15, -0.1) is 0 Å². The van der Waals surface area contributed by atoms with E-state index in [-0.39, 0.29) is 22.6 Å². The first kappa shape index (κ1) is 15.3. The fourth-order valence-electron chi connectivity index (χ4n) is 2.53. The molecule has 2 atom stereocenters. The van der Waals surface area contributed by atoms with Crippen LogP contribution in [0.5, 0.6) is 5.75 Å². The van der Waals surface area contributed by atoms with Crippen LogP contribution in [0.3, 0.4) is 0 Å². The van der Waals surface area contributed by atoms with Crippen molar-refractivity contribution in [1.29, 1.82) is 0 Å². The third-order valence-electron chi connectivity index (χ3n) is 3.71. The van der Waals surface area contributed by atoms with E-state index in [0.717, 1.165) is 6.42 Å². The molecule has 1 heterocycles. The van der Waals surface area contributed by atoms with E-state index in [4.69, 9.17) is 9.47 Å². The Morgan fingerprint density at radius 2 is 2.20 bits per heavy atom. The third-order valence-corrected chi connectivity index (χ3v) is 5.51. The molecule has 0 bridgehead atoms. The van der Waals surface area contributed by atoms with Gasteiger partial charge in [0.2, 0.25) is 0 Å². The Labute approximate surface area is 120 Å². The molecular formula is C14H21NO4S. The molecule has 1 aromatic rings. The van der Waals surface area contributed by atoms with Crippen LogP contribution < -0.4 is 10.1 Å². The fourth-order valence-corrected chi connectivity index (χ4v) is 4.36. The quantitative estimate of drug-likeness (QED) is 0.852. The van der Waals surface area contributed by atoms with E-state index in [1.165, 1.54) is 7.11 Å². The van der Waals surface area contributed by atoms with Crippen molar-refractivity contribution in [1.82, 2.24) is 5.32 Å². The van der Waals surface area contributed by atoms with E-state index >= 15 is 0 Å². The number of sulfone groups is 1. The molecule has 1 fully saturated rings. The molecule has 2 unspecified atom stereocenters. The average molecular weight is 299 g/mol. The highest BCUT2D eigenvalue weighted by atomic mass is 32.2. The van der Waals surface area contributed by atoms with Crippen molar-refractivity contribution in [2.75, 3.05) is 33.1 Å². The van der Waals surface area contributed by atoms with Gasteiger partial charge in [-0.2, -0.15) is 0 Å². The Bertz CT molecular complexity index is 538. The van der Waals surface area contributed by atoms with Crippen LogP contribution in [0, 0.1) is 5.92 Å². The van der Waals surface area contributed by atoms with Gasteiger partial charge in [-0.25, -0.2) is 8.42 Å². The first-order valence-electron chi connectivity index (χ1n) is 6.69. The van der Waals surface area contributed by atoms with Crippen molar-refractivity contribution < 1.29 is 17.9 Å². The average Bonchev–Trinajstić information content (AvgIpc) is 2.98. The maximum atomic E-state index is 12.6. The number of ether oxygens (including phenoxy) is 2. The van der Waals surface area contributed by atoms with Crippen LogP contribution in [0.4, 0.5) is 0 Å². The van der Waals surface area contributed by atoms with Crippen LogP contribution in [0.15, 0.2) is 29.2 Å². The molecule has 0 saturated carbocycles. The van der Waals surface area contributed by atoms with E-state index < -0.39 is 9.84 Å².